The summed E-state index contributed by atoms with van der Waals surface area (Å²) in [5.74, 6) is 1.09. The van der Waals surface area contributed by atoms with Crippen molar-refractivity contribution in [3.63, 3.8) is 0 Å². The molecule has 0 N–H and O–H groups in total. The zero-order chi connectivity index (χ0) is 24.0. The summed E-state index contributed by atoms with van der Waals surface area (Å²) in [7, 11) is 5.97. The number of ketones is 2. The lowest BCUT2D eigenvalue weighted by molar-refractivity contribution is 0.101. The van der Waals surface area contributed by atoms with Gasteiger partial charge >= 0.3 is 0 Å². The summed E-state index contributed by atoms with van der Waals surface area (Å²) < 4.78 is 26.6. The van der Waals surface area contributed by atoms with Gasteiger partial charge in [-0.2, -0.15) is 0 Å². The van der Waals surface area contributed by atoms with Crippen LogP contribution in [-0.2, 0) is 0 Å². The number of methoxy groups -OCH3 is 4. The highest BCUT2D eigenvalue weighted by Gasteiger charge is 2.23. The van der Waals surface area contributed by atoms with Gasteiger partial charge in [-0.15, -0.1) is 10.2 Å². The van der Waals surface area contributed by atoms with Crippen molar-refractivity contribution in [2.24, 2.45) is 0 Å². The lowest BCUT2D eigenvalue weighted by Gasteiger charge is -2.12. The van der Waals surface area contributed by atoms with Crippen LogP contribution in [-0.4, -0.2) is 56.8 Å². The number of nitrogens with zero attached hydrogens (tertiary/aromatic N) is 2. The van der Waals surface area contributed by atoms with Gasteiger partial charge in [-0.1, -0.05) is 0 Å². The molecule has 3 aromatic rings. The summed E-state index contributed by atoms with van der Waals surface area (Å²) in [4.78, 5) is 26.1. The first-order chi connectivity index (χ1) is 16.0. The second kappa shape index (κ2) is 10.4. The molecule has 3 rings (SSSR count). The quantitative estimate of drug-likeness (QED) is 0.428. The molecule has 2 aromatic carbocycles. The van der Waals surface area contributed by atoms with E-state index < -0.39 is 11.6 Å². The molecule has 0 aliphatic rings. The third-order valence-electron chi connectivity index (χ3n) is 4.80. The molecule has 0 saturated carbocycles. The molecule has 0 fully saturated rings. The van der Waals surface area contributed by atoms with Crippen molar-refractivity contribution < 1.29 is 33.3 Å². The van der Waals surface area contributed by atoms with Crippen LogP contribution in [0.3, 0.4) is 0 Å². The Morgan fingerprint density at radius 3 is 1.67 bits per heavy atom. The number of aromatic nitrogens is 2. The number of benzene rings is 2. The summed E-state index contributed by atoms with van der Waals surface area (Å²) >= 11 is 0. The number of carbonyl (C=O) groups excluding carboxylic acids is 2. The number of carbonyl (C=O) groups is 2. The van der Waals surface area contributed by atoms with Gasteiger partial charge in [0, 0.05) is 17.2 Å². The van der Waals surface area contributed by atoms with Gasteiger partial charge in [0.25, 0.3) is 0 Å². The first-order valence-electron chi connectivity index (χ1n) is 10.0. The third-order valence-corrected chi connectivity index (χ3v) is 4.80. The molecular weight excluding hydrogens is 428 g/mol. The monoisotopic (exact) mass is 452 g/mol. The van der Waals surface area contributed by atoms with E-state index in [1.165, 1.54) is 34.5 Å². The number of rotatable bonds is 10. The molecule has 0 bridgehead atoms. The molecule has 0 unspecified atom stereocenters. The fourth-order valence-electron chi connectivity index (χ4n) is 3.15. The maximum Gasteiger partial charge on any atom is 0.217 e. The van der Waals surface area contributed by atoms with E-state index in [-0.39, 0.29) is 23.7 Å². The van der Waals surface area contributed by atoms with Crippen molar-refractivity contribution in [1.82, 2.24) is 10.2 Å². The lowest BCUT2D eigenvalue weighted by Crippen LogP contribution is -2.13. The van der Waals surface area contributed by atoms with E-state index in [0.717, 1.165) is 0 Å². The van der Waals surface area contributed by atoms with Crippen LogP contribution in [0.15, 0.2) is 42.5 Å². The minimum atomic E-state index is -0.433. The Labute approximate surface area is 191 Å². The highest BCUT2D eigenvalue weighted by atomic mass is 16.5. The van der Waals surface area contributed by atoms with E-state index in [2.05, 4.69) is 10.2 Å². The molecule has 33 heavy (non-hydrogen) atoms. The molecule has 1 aromatic heterocycles. The lowest BCUT2D eigenvalue weighted by atomic mass is 10.0. The van der Waals surface area contributed by atoms with Crippen LogP contribution in [0.2, 0.25) is 0 Å². The molecule has 9 nitrogen and oxygen atoms in total. The number of ether oxygens (including phenoxy) is 5. The second-order valence-electron chi connectivity index (χ2n) is 6.67. The Bertz CT molecular complexity index is 1180. The van der Waals surface area contributed by atoms with Crippen LogP contribution in [0.4, 0.5) is 0 Å². The van der Waals surface area contributed by atoms with Crippen molar-refractivity contribution in [3.05, 3.63) is 65.0 Å². The molecule has 172 valence electrons. The average Bonchev–Trinajstić information content (AvgIpc) is 2.87. The van der Waals surface area contributed by atoms with Gasteiger partial charge in [-0.05, 0) is 43.3 Å². The van der Waals surface area contributed by atoms with Gasteiger partial charge in [0.05, 0.1) is 35.0 Å². The third kappa shape index (κ3) is 4.87. The molecule has 0 saturated heterocycles. The van der Waals surface area contributed by atoms with Crippen LogP contribution in [0.25, 0.3) is 0 Å². The fraction of sp³-hybridized carbons (Fsp3) is 0.250. The Morgan fingerprint density at radius 2 is 1.18 bits per heavy atom. The van der Waals surface area contributed by atoms with Crippen molar-refractivity contribution in [2.75, 3.05) is 35.0 Å². The van der Waals surface area contributed by atoms with Gasteiger partial charge in [-0.3, -0.25) is 9.59 Å². The zero-order valence-electron chi connectivity index (χ0n) is 19.0. The predicted molar refractivity (Wildman–Crippen MR) is 119 cm³/mol. The van der Waals surface area contributed by atoms with Gasteiger partial charge in [0.1, 0.15) is 5.69 Å². The van der Waals surface area contributed by atoms with Crippen LogP contribution in [0.5, 0.6) is 28.7 Å². The van der Waals surface area contributed by atoms with E-state index in [1.807, 2.05) is 0 Å². The van der Waals surface area contributed by atoms with E-state index in [0.29, 0.717) is 34.1 Å². The van der Waals surface area contributed by atoms with Crippen LogP contribution < -0.4 is 23.7 Å². The maximum atomic E-state index is 13.1. The Balaban J connectivity index is 1.98. The summed E-state index contributed by atoms with van der Waals surface area (Å²) in [5, 5.41) is 8.01. The molecule has 0 spiro atoms. The summed E-state index contributed by atoms with van der Waals surface area (Å²) in [5.41, 5.74) is 0.632. The molecule has 0 amide bonds. The molecule has 9 heteroatoms. The molecule has 1 heterocycles. The summed E-state index contributed by atoms with van der Waals surface area (Å²) in [6.07, 6.45) is 0. The molecule has 0 aliphatic carbocycles. The van der Waals surface area contributed by atoms with E-state index in [9.17, 15) is 9.59 Å². The molecule has 0 atom stereocenters. The van der Waals surface area contributed by atoms with E-state index in [1.54, 1.807) is 43.3 Å². The van der Waals surface area contributed by atoms with Crippen molar-refractivity contribution in [1.29, 1.82) is 0 Å². The van der Waals surface area contributed by atoms with Crippen molar-refractivity contribution in [2.45, 2.75) is 6.92 Å². The van der Waals surface area contributed by atoms with E-state index >= 15 is 0 Å². The topological polar surface area (TPSA) is 106 Å². The highest BCUT2D eigenvalue weighted by Crippen LogP contribution is 2.31. The standard InChI is InChI=1S/C24H24N2O7/c1-6-33-21-13-16(23(27)14-7-9-17(29-2)19(11-14)31-4)25-26-22(21)24(28)15-8-10-18(30-3)20(12-15)32-5/h7-13H,6H2,1-5H3. The van der Waals surface area contributed by atoms with Crippen LogP contribution in [0.1, 0.15) is 39.0 Å². The molecule has 0 radical (unpaired) electrons. The van der Waals surface area contributed by atoms with Gasteiger partial charge in [0.2, 0.25) is 11.6 Å². The first kappa shape index (κ1) is 23.5. The Kier molecular flexibility index (Phi) is 7.45. The second-order valence-corrected chi connectivity index (χ2v) is 6.67. The summed E-state index contributed by atoms with van der Waals surface area (Å²) in [6, 6.07) is 10.9. The Morgan fingerprint density at radius 1 is 0.667 bits per heavy atom. The molecule has 0 aliphatic heterocycles. The largest absolute Gasteiger partial charge is 0.493 e. The number of hydrogen-bond acceptors (Lipinski definition) is 9. The average molecular weight is 452 g/mol. The highest BCUT2D eigenvalue weighted by molar-refractivity contribution is 6.11. The minimum Gasteiger partial charge on any atom is -0.493 e. The first-order valence-corrected chi connectivity index (χ1v) is 10.0. The normalized spacial score (nSPS) is 10.3. The van der Waals surface area contributed by atoms with Gasteiger partial charge in [0.15, 0.2) is 34.4 Å². The minimum absolute atomic E-state index is 0.0204. The predicted octanol–water partition coefficient (Wildman–Crippen LogP) is 3.37. The van der Waals surface area contributed by atoms with Gasteiger partial charge in [-0.25, -0.2) is 0 Å². The van der Waals surface area contributed by atoms with Crippen molar-refractivity contribution >= 4 is 11.6 Å². The summed E-state index contributed by atoms with van der Waals surface area (Å²) in [6.45, 7) is 2.03. The smallest absolute Gasteiger partial charge is 0.217 e. The van der Waals surface area contributed by atoms with Crippen LogP contribution >= 0.6 is 0 Å². The maximum absolute atomic E-state index is 13.1. The fourth-order valence-corrected chi connectivity index (χ4v) is 3.15. The molecular formula is C24H24N2O7. The van der Waals surface area contributed by atoms with E-state index in [4.69, 9.17) is 23.7 Å². The van der Waals surface area contributed by atoms with Crippen LogP contribution in [0, 0.1) is 0 Å². The number of hydrogen-bond donors (Lipinski definition) is 0. The SMILES string of the molecule is CCOc1cc(C(=O)c2ccc(OC)c(OC)c2)nnc1C(=O)c1ccc(OC)c(OC)c1. The zero-order valence-corrected chi connectivity index (χ0v) is 19.0. The Hall–Kier alpha value is -4.14. The van der Waals surface area contributed by atoms with Crippen molar-refractivity contribution in [3.8, 4) is 28.7 Å². The van der Waals surface area contributed by atoms with Gasteiger partial charge < -0.3 is 23.7 Å².